The summed E-state index contributed by atoms with van der Waals surface area (Å²) in [6.45, 7) is 4.37. The molecule has 0 spiro atoms. The number of aromatic nitrogens is 1. The van der Waals surface area contributed by atoms with Crippen LogP contribution >= 0.6 is 11.6 Å². The molecule has 0 amide bonds. The van der Waals surface area contributed by atoms with E-state index in [2.05, 4.69) is 10.3 Å². The van der Waals surface area contributed by atoms with Crippen LogP contribution in [0.1, 0.15) is 23.6 Å². The number of pyridine rings is 1. The van der Waals surface area contributed by atoms with Crippen LogP contribution in [0, 0.1) is 0 Å². The van der Waals surface area contributed by atoms with Crippen LogP contribution in [0.2, 0.25) is 5.02 Å². The third-order valence-corrected chi connectivity index (χ3v) is 4.40. The summed E-state index contributed by atoms with van der Waals surface area (Å²) < 4.78 is 11.7. The molecule has 0 aliphatic heterocycles. The van der Waals surface area contributed by atoms with E-state index in [1.807, 2.05) is 61.5 Å². The molecule has 5 heteroatoms. The van der Waals surface area contributed by atoms with E-state index in [1.54, 1.807) is 12.4 Å². The van der Waals surface area contributed by atoms with Crippen LogP contribution < -0.4 is 14.8 Å². The summed E-state index contributed by atoms with van der Waals surface area (Å²) in [6.07, 6.45) is 3.58. The zero-order valence-electron chi connectivity index (χ0n) is 15.3. The lowest BCUT2D eigenvalue weighted by Crippen LogP contribution is -2.13. The normalized spacial score (nSPS) is 10.6. The SMILES string of the molecule is CCOc1cc(CNCc2ccncc2)c(Cl)cc1OCc1ccccc1. The number of hydrogen-bond acceptors (Lipinski definition) is 4. The van der Waals surface area contributed by atoms with E-state index in [4.69, 9.17) is 21.1 Å². The quantitative estimate of drug-likeness (QED) is 0.565. The van der Waals surface area contributed by atoms with E-state index >= 15 is 0 Å². The van der Waals surface area contributed by atoms with Crippen molar-refractivity contribution in [2.24, 2.45) is 0 Å². The zero-order chi connectivity index (χ0) is 18.9. The second kappa shape index (κ2) is 9.95. The highest BCUT2D eigenvalue weighted by Gasteiger charge is 2.11. The second-order valence-electron chi connectivity index (χ2n) is 6.06. The highest BCUT2D eigenvalue weighted by Crippen LogP contribution is 2.34. The average molecular weight is 383 g/mol. The zero-order valence-corrected chi connectivity index (χ0v) is 16.1. The monoisotopic (exact) mass is 382 g/mol. The van der Waals surface area contributed by atoms with E-state index in [0.717, 1.165) is 17.7 Å². The van der Waals surface area contributed by atoms with Gasteiger partial charge in [0.15, 0.2) is 11.5 Å². The first kappa shape index (κ1) is 19.2. The third-order valence-electron chi connectivity index (χ3n) is 4.04. The van der Waals surface area contributed by atoms with Crippen LogP contribution in [0.15, 0.2) is 67.0 Å². The molecule has 0 saturated heterocycles. The lowest BCUT2D eigenvalue weighted by Gasteiger charge is -2.15. The van der Waals surface area contributed by atoms with Crippen LogP contribution in [-0.2, 0) is 19.7 Å². The number of benzene rings is 2. The fraction of sp³-hybridized carbons (Fsp3) is 0.227. The molecule has 0 aliphatic rings. The Bertz CT molecular complexity index is 842. The summed E-state index contributed by atoms with van der Waals surface area (Å²) in [5, 5.41) is 4.05. The average Bonchev–Trinajstić information content (AvgIpc) is 2.71. The number of ether oxygens (including phenoxy) is 2. The molecule has 4 nitrogen and oxygen atoms in total. The van der Waals surface area contributed by atoms with Crippen molar-refractivity contribution in [1.82, 2.24) is 10.3 Å². The molecule has 140 valence electrons. The van der Waals surface area contributed by atoms with Crippen molar-refractivity contribution in [3.8, 4) is 11.5 Å². The van der Waals surface area contributed by atoms with Gasteiger partial charge in [-0.25, -0.2) is 0 Å². The topological polar surface area (TPSA) is 43.4 Å². The molecule has 1 N–H and O–H groups in total. The third kappa shape index (κ3) is 5.71. The maximum absolute atomic E-state index is 6.48. The number of rotatable bonds is 9. The summed E-state index contributed by atoms with van der Waals surface area (Å²) in [5.41, 5.74) is 3.24. The minimum atomic E-state index is 0.469. The van der Waals surface area contributed by atoms with Gasteiger partial charge in [-0.1, -0.05) is 41.9 Å². The van der Waals surface area contributed by atoms with Crippen LogP contribution in [0.25, 0.3) is 0 Å². The molecular weight excluding hydrogens is 360 g/mol. The molecular formula is C22H23ClN2O2. The minimum Gasteiger partial charge on any atom is -0.490 e. The molecule has 0 fully saturated rings. The van der Waals surface area contributed by atoms with Gasteiger partial charge in [0.2, 0.25) is 0 Å². The first-order valence-corrected chi connectivity index (χ1v) is 9.35. The largest absolute Gasteiger partial charge is 0.490 e. The molecule has 0 saturated carbocycles. The molecule has 1 heterocycles. The Balaban J connectivity index is 1.67. The number of nitrogens with one attached hydrogen (secondary N) is 1. The first-order valence-electron chi connectivity index (χ1n) is 8.98. The van der Waals surface area contributed by atoms with Gasteiger partial charge in [0.05, 0.1) is 6.61 Å². The van der Waals surface area contributed by atoms with Crippen molar-refractivity contribution < 1.29 is 9.47 Å². The molecule has 0 bridgehead atoms. The fourth-order valence-corrected chi connectivity index (χ4v) is 2.89. The Kier molecular flexibility index (Phi) is 7.08. The maximum Gasteiger partial charge on any atom is 0.163 e. The Morgan fingerprint density at radius 1 is 0.889 bits per heavy atom. The maximum atomic E-state index is 6.48. The number of halogens is 1. The van der Waals surface area contributed by atoms with Gasteiger partial charge in [0.1, 0.15) is 6.61 Å². The smallest absolute Gasteiger partial charge is 0.163 e. The van der Waals surface area contributed by atoms with E-state index < -0.39 is 0 Å². The standard InChI is InChI=1S/C22H23ClN2O2/c1-2-26-21-12-19(15-25-14-17-8-10-24-11-9-17)20(23)13-22(21)27-16-18-6-4-3-5-7-18/h3-13,25H,2,14-16H2,1H3. The Morgan fingerprint density at radius 2 is 1.63 bits per heavy atom. The van der Waals surface area contributed by atoms with Crippen LogP contribution in [0.3, 0.4) is 0 Å². The van der Waals surface area contributed by atoms with Crippen LogP contribution in [0.4, 0.5) is 0 Å². The summed E-state index contributed by atoms with van der Waals surface area (Å²) in [5.74, 6) is 1.36. The lowest BCUT2D eigenvalue weighted by molar-refractivity contribution is 0.269. The van der Waals surface area contributed by atoms with Gasteiger partial charge >= 0.3 is 0 Å². The Morgan fingerprint density at radius 3 is 2.37 bits per heavy atom. The van der Waals surface area contributed by atoms with E-state index in [9.17, 15) is 0 Å². The van der Waals surface area contributed by atoms with Gasteiger partial charge in [0, 0.05) is 36.6 Å². The summed E-state index contributed by atoms with van der Waals surface area (Å²) >= 11 is 6.48. The highest BCUT2D eigenvalue weighted by atomic mass is 35.5. The van der Waals surface area contributed by atoms with Crippen LogP contribution in [-0.4, -0.2) is 11.6 Å². The Hall–Kier alpha value is -2.56. The van der Waals surface area contributed by atoms with Crippen molar-refractivity contribution in [1.29, 1.82) is 0 Å². The molecule has 3 rings (SSSR count). The summed E-state index contributed by atoms with van der Waals surface area (Å²) in [7, 11) is 0. The van der Waals surface area contributed by atoms with Crippen molar-refractivity contribution in [2.45, 2.75) is 26.6 Å². The molecule has 27 heavy (non-hydrogen) atoms. The fourth-order valence-electron chi connectivity index (χ4n) is 2.67. The summed E-state index contributed by atoms with van der Waals surface area (Å²) in [4.78, 5) is 4.03. The lowest BCUT2D eigenvalue weighted by atomic mass is 10.2. The molecule has 0 atom stereocenters. The van der Waals surface area contributed by atoms with E-state index in [1.165, 1.54) is 5.56 Å². The molecule has 3 aromatic rings. The predicted molar refractivity (Wildman–Crippen MR) is 108 cm³/mol. The summed E-state index contributed by atoms with van der Waals surface area (Å²) in [6, 6.07) is 17.8. The first-order chi connectivity index (χ1) is 13.3. The van der Waals surface area contributed by atoms with Gasteiger partial charge in [-0.3, -0.25) is 4.98 Å². The van der Waals surface area contributed by atoms with Gasteiger partial charge in [-0.05, 0) is 41.8 Å². The second-order valence-corrected chi connectivity index (χ2v) is 6.46. The van der Waals surface area contributed by atoms with Gasteiger partial charge < -0.3 is 14.8 Å². The minimum absolute atomic E-state index is 0.469. The van der Waals surface area contributed by atoms with E-state index in [0.29, 0.717) is 36.3 Å². The predicted octanol–water partition coefficient (Wildman–Crippen LogP) is 5.00. The van der Waals surface area contributed by atoms with Crippen molar-refractivity contribution in [3.05, 3.63) is 88.7 Å². The van der Waals surface area contributed by atoms with Crippen molar-refractivity contribution in [2.75, 3.05) is 6.61 Å². The number of nitrogens with zero attached hydrogens (tertiary/aromatic N) is 1. The van der Waals surface area contributed by atoms with Gasteiger partial charge in [0.25, 0.3) is 0 Å². The van der Waals surface area contributed by atoms with Gasteiger partial charge in [-0.2, -0.15) is 0 Å². The van der Waals surface area contributed by atoms with Gasteiger partial charge in [-0.15, -0.1) is 0 Å². The molecule has 1 aromatic heterocycles. The number of hydrogen-bond donors (Lipinski definition) is 1. The van der Waals surface area contributed by atoms with Crippen molar-refractivity contribution >= 4 is 11.6 Å². The van der Waals surface area contributed by atoms with Crippen LogP contribution in [0.5, 0.6) is 11.5 Å². The molecule has 0 unspecified atom stereocenters. The molecule has 0 radical (unpaired) electrons. The van der Waals surface area contributed by atoms with E-state index in [-0.39, 0.29) is 0 Å². The molecule has 0 aliphatic carbocycles. The highest BCUT2D eigenvalue weighted by molar-refractivity contribution is 6.31. The molecule has 2 aromatic carbocycles. The van der Waals surface area contributed by atoms with Crippen molar-refractivity contribution in [3.63, 3.8) is 0 Å². The Labute approximate surface area is 165 Å².